The van der Waals surface area contributed by atoms with E-state index in [1.807, 2.05) is 25.2 Å². The van der Waals surface area contributed by atoms with Crippen LogP contribution in [-0.2, 0) is 0 Å². The lowest BCUT2D eigenvalue weighted by Crippen LogP contribution is -2.13. The minimum absolute atomic E-state index is 0.264. The van der Waals surface area contributed by atoms with Crippen molar-refractivity contribution in [1.82, 2.24) is 0 Å². The third-order valence-electron chi connectivity index (χ3n) is 1.37. The predicted molar refractivity (Wildman–Crippen MR) is 33.5 cm³/mol. The lowest BCUT2D eigenvalue weighted by molar-refractivity contribution is 0.184. The zero-order valence-corrected chi connectivity index (χ0v) is 4.91. The summed E-state index contributed by atoms with van der Waals surface area (Å²) >= 11 is 0. The highest BCUT2D eigenvalue weighted by Gasteiger charge is 2.07. The molecule has 0 radical (unpaired) electrons. The highest BCUT2D eigenvalue weighted by Crippen LogP contribution is 2.09. The zero-order chi connectivity index (χ0) is 5.98. The second-order valence-electron chi connectivity index (χ2n) is 2.12. The first-order valence-corrected chi connectivity index (χ1v) is 2.84. The lowest BCUT2D eigenvalue weighted by Gasteiger charge is -2.12. The topological polar surface area (TPSA) is 20.2 Å². The van der Waals surface area contributed by atoms with Crippen LogP contribution in [0.3, 0.4) is 0 Å². The molecule has 0 fully saturated rings. The Hall–Kier alpha value is -0.560. The molecule has 0 bridgehead atoms. The molecule has 1 aliphatic rings. The maximum absolute atomic E-state index is 9.04. The Balaban J connectivity index is 2.59. The normalized spacial score (nSPS) is 35.8. The molecule has 1 aliphatic carbocycles. The number of rotatable bonds is 0. The molecule has 0 aliphatic heterocycles. The molecule has 1 heteroatoms. The minimum atomic E-state index is -0.264. The Morgan fingerprint density at radius 3 is 2.25 bits per heavy atom. The van der Waals surface area contributed by atoms with E-state index in [9.17, 15) is 0 Å². The van der Waals surface area contributed by atoms with Gasteiger partial charge in [-0.1, -0.05) is 31.2 Å². The predicted octanol–water partition coefficient (Wildman–Crippen LogP) is 1.11. The van der Waals surface area contributed by atoms with Crippen LogP contribution in [0.15, 0.2) is 24.3 Å². The molecule has 0 spiro atoms. The average Bonchev–Trinajstić information content (AvgIpc) is 1.77. The van der Waals surface area contributed by atoms with Gasteiger partial charge in [-0.3, -0.25) is 0 Å². The van der Waals surface area contributed by atoms with Gasteiger partial charge in [0.05, 0.1) is 6.10 Å². The van der Waals surface area contributed by atoms with Crippen molar-refractivity contribution in [3.63, 3.8) is 0 Å². The molecule has 1 N–H and O–H groups in total. The summed E-state index contributed by atoms with van der Waals surface area (Å²) in [7, 11) is 0. The van der Waals surface area contributed by atoms with Crippen LogP contribution >= 0.6 is 0 Å². The van der Waals surface area contributed by atoms with Crippen molar-refractivity contribution in [3.05, 3.63) is 24.3 Å². The van der Waals surface area contributed by atoms with Crippen LogP contribution in [-0.4, -0.2) is 11.2 Å². The number of hydrogen-bond acceptors (Lipinski definition) is 1. The van der Waals surface area contributed by atoms with Crippen molar-refractivity contribution >= 4 is 0 Å². The van der Waals surface area contributed by atoms with Crippen LogP contribution in [0.25, 0.3) is 0 Å². The Kier molecular flexibility index (Phi) is 1.49. The summed E-state index contributed by atoms with van der Waals surface area (Å²) in [6.45, 7) is 1.99. The quantitative estimate of drug-likeness (QED) is 0.495. The van der Waals surface area contributed by atoms with Gasteiger partial charge in [0.2, 0.25) is 0 Å². The Labute approximate surface area is 49.3 Å². The van der Waals surface area contributed by atoms with Gasteiger partial charge in [0, 0.05) is 5.92 Å². The highest BCUT2D eigenvalue weighted by atomic mass is 16.3. The van der Waals surface area contributed by atoms with Crippen LogP contribution in [0.1, 0.15) is 6.92 Å². The molecule has 0 saturated carbocycles. The van der Waals surface area contributed by atoms with Crippen LogP contribution < -0.4 is 0 Å². The first-order valence-electron chi connectivity index (χ1n) is 2.84. The van der Waals surface area contributed by atoms with Gasteiger partial charge in [-0.05, 0) is 0 Å². The van der Waals surface area contributed by atoms with Crippen molar-refractivity contribution in [2.45, 2.75) is 13.0 Å². The largest absolute Gasteiger partial charge is 0.388 e. The number of allylic oxidation sites excluding steroid dienone is 2. The molecule has 0 saturated heterocycles. The maximum atomic E-state index is 9.04. The van der Waals surface area contributed by atoms with Gasteiger partial charge in [-0.25, -0.2) is 0 Å². The van der Waals surface area contributed by atoms with Crippen LogP contribution in [0.2, 0.25) is 0 Å². The summed E-state index contributed by atoms with van der Waals surface area (Å²) in [5.41, 5.74) is 0. The van der Waals surface area contributed by atoms with Gasteiger partial charge in [-0.15, -0.1) is 0 Å². The van der Waals surface area contributed by atoms with Crippen LogP contribution in [0.5, 0.6) is 0 Å². The van der Waals surface area contributed by atoms with Crippen molar-refractivity contribution in [2.24, 2.45) is 5.92 Å². The fourth-order valence-corrected chi connectivity index (χ4v) is 0.707. The smallest absolute Gasteiger partial charge is 0.0783 e. The third-order valence-corrected chi connectivity index (χ3v) is 1.37. The van der Waals surface area contributed by atoms with Gasteiger partial charge >= 0.3 is 0 Å². The number of aliphatic hydroxyl groups is 1. The summed E-state index contributed by atoms with van der Waals surface area (Å²) in [6, 6.07) is 0. The molecule has 1 rings (SSSR count). The van der Waals surface area contributed by atoms with Crippen molar-refractivity contribution < 1.29 is 5.11 Å². The van der Waals surface area contributed by atoms with E-state index in [-0.39, 0.29) is 6.10 Å². The fraction of sp³-hybridized carbons (Fsp3) is 0.429. The van der Waals surface area contributed by atoms with E-state index < -0.39 is 0 Å². The van der Waals surface area contributed by atoms with E-state index in [0.29, 0.717) is 5.92 Å². The maximum Gasteiger partial charge on any atom is 0.0783 e. The van der Waals surface area contributed by atoms with E-state index in [4.69, 9.17) is 5.11 Å². The second-order valence-corrected chi connectivity index (χ2v) is 2.12. The molecule has 0 aromatic carbocycles. The molecular formula is C7H10O. The molecule has 2 atom stereocenters. The molecule has 8 heavy (non-hydrogen) atoms. The molecule has 0 aromatic rings. The summed E-state index contributed by atoms with van der Waals surface area (Å²) < 4.78 is 0. The monoisotopic (exact) mass is 110 g/mol. The average molecular weight is 110 g/mol. The fourth-order valence-electron chi connectivity index (χ4n) is 0.707. The van der Waals surface area contributed by atoms with Crippen molar-refractivity contribution in [3.8, 4) is 0 Å². The van der Waals surface area contributed by atoms with Gasteiger partial charge < -0.3 is 5.11 Å². The Morgan fingerprint density at radius 1 is 1.25 bits per heavy atom. The van der Waals surface area contributed by atoms with Gasteiger partial charge in [0.25, 0.3) is 0 Å². The minimum Gasteiger partial charge on any atom is -0.388 e. The molecular weight excluding hydrogens is 100 g/mol. The standard InChI is InChI=1S/C7H10O/c1-6-4-2-3-5-7(6)8/h2-8H,1H3/t6-,7-/m0/s1. The summed E-state index contributed by atoms with van der Waals surface area (Å²) in [4.78, 5) is 0. The molecule has 1 nitrogen and oxygen atoms in total. The third kappa shape index (κ3) is 0.984. The molecule has 0 aromatic heterocycles. The molecule has 44 valence electrons. The van der Waals surface area contributed by atoms with E-state index in [1.54, 1.807) is 6.08 Å². The van der Waals surface area contributed by atoms with Crippen LogP contribution in [0.4, 0.5) is 0 Å². The Morgan fingerprint density at radius 2 is 1.88 bits per heavy atom. The van der Waals surface area contributed by atoms with Crippen molar-refractivity contribution in [2.75, 3.05) is 0 Å². The van der Waals surface area contributed by atoms with Gasteiger partial charge in [-0.2, -0.15) is 0 Å². The van der Waals surface area contributed by atoms with Gasteiger partial charge in [0.1, 0.15) is 0 Å². The molecule has 0 heterocycles. The lowest BCUT2D eigenvalue weighted by atomic mass is 10.0. The highest BCUT2D eigenvalue weighted by molar-refractivity contribution is 5.13. The number of aliphatic hydroxyl groups excluding tert-OH is 1. The Bertz CT molecular complexity index is 108. The molecule has 0 amide bonds. The first-order chi connectivity index (χ1) is 3.80. The molecule has 0 unspecified atom stereocenters. The second kappa shape index (κ2) is 2.14. The van der Waals surface area contributed by atoms with E-state index >= 15 is 0 Å². The summed E-state index contributed by atoms with van der Waals surface area (Å²) in [5, 5.41) is 9.04. The summed E-state index contributed by atoms with van der Waals surface area (Å²) in [5.74, 6) is 0.292. The van der Waals surface area contributed by atoms with E-state index in [1.165, 1.54) is 0 Å². The van der Waals surface area contributed by atoms with Gasteiger partial charge in [0.15, 0.2) is 0 Å². The summed E-state index contributed by atoms with van der Waals surface area (Å²) in [6.07, 6.45) is 7.34. The first kappa shape index (κ1) is 5.57. The SMILES string of the molecule is C[C@H]1C=CC=C[C@@H]1O. The van der Waals surface area contributed by atoms with Crippen molar-refractivity contribution in [1.29, 1.82) is 0 Å². The van der Waals surface area contributed by atoms with E-state index in [2.05, 4.69) is 0 Å². The van der Waals surface area contributed by atoms with Crippen LogP contribution in [0, 0.1) is 5.92 Å². The zero-order valence-electron chi connectivity index (χ0n) is 4.91. The van der Waals surface area contributed by atoms with E-state index in [0.717, 1.165) is 0 Å². The number of hydrogen-bond donors (Lipinski definition) is 1.